The Kier molecular flexibility index (Phi) is 3.81. The van der Waals surface area contributed by atoms with Crippen LogP contribution in [0.1, 0.15) is 27.5 Å². The third kappa shape index (κ3) is 2.61. The number of amidine groups is 1. The number of hydrogen-bond donors (Lipinski definition) is 2. The van der Waals surface area contributed by atoms with Gasteiger partial charge < -0.3 is 15.8 Å². The van der Waals surface area contributed by atoms with Gasteiger partial charge in [-0.2, -0.15) is 0 Å². The summed E-state index contributed by atoms with van der Waals surface area (Å²) in [5.74, 6) is 0.358. The molecule has 2 rings (SSSR count). The van der Waals surface area contributed by atoms with Gasteiger partial charge in [-0.25, -0.2) is 4.98 Å². The maximum atomic E-state index is 12.1. The number of piperidine rings is 1. The molecule has 0 bridgehead atoms. The van der Waals surface area contributed by atoms with E-state index in [1.165, 1.54) is 11.3 Å². The summed E-state index contributed by atoms with van der Waals surface area (Å²) in [4.78, 5) is 18.7. The van der Waals surface area contributed by atoms with Crippen LogP contribution >= 0.6 is 11.3 Å². The lowest BCUT2D eigenvalue weighted by Gasteiger charge is -2.30. The number of nitrogens with two attached hydrogens (primary N) is 1. The minimum atomic E-state index is 0.0264. The highest BCUT2D eigenvalue weighted by molar-refractivity contribution is 7.13. The summed E-state index contributed by atoms with van der Waals surface area (Å²) >= 11 is 1.41. The fourth-order valence-corrected chi connectivity index (χ4v) is 2.82. The second-order valence-corrected chi connectivity index (χ2v) is 5.57. The summed E-state index contributed by atoms with van der Waals surface area (Å²) in [7, 11) is 0. The molecule has 0 spiro atoms. The van der Waals surface area contributed by atoms with Crippen LogP contribution in [0.3, 0.4) is 0 Å². The Hall–Kier alpha value is -1.63. The van der Waals surface area contributed by atoms with Crippen LogP contribution in [0.15, 0.2) is 11.4 Å². The van der Waals surface area contributed by atoms with Crippen LogP contribution in [0.25, 0.3) is 0 Å². The molecule has 0 aromatic carbocycles. The van der Waals surface area contributed by atoms with Crippen LogP contribution in [0, 0.1) is 12.8 Å². The van der Waals surface area contributed by atoms with Gasteiger partial charge in [-0.1, -0.05) is 5.16 Å². The zero-order valence-corrected chi connectivity index (χ0v) is 11.0. The quantitative estimate of drug-likeness (QED) is 0.363. The Morgan fingerprint density at radius 2 is 2.28 bits per heavy atom. The molecule has 0 unspecified atom stereocenters. The first-order chi connectivity index (χ1) is 8.61. The van der Waals surface area contributed by atoms with Crippen LogP contribution in [-0.2, 0) is 0 Å². The number of aromatic nitrogens is 1. The third-order valence-corrected chi connectivity index (χ3v) is 4.05. The van der Waals surface area contributed by atoms with Gasteiger partial charge in [0.15, 0.2) is 0 Å². The van der Waals surface area contributed by atoms with Crippen molar-refractivity contribution in [3.05, 3.63) is 16.1 Å². The van der Waals surface area contributed by atoms with Gasteiger partial charge in [-0.3, -0.25) is 4.79 Å². The summed E-state index contributed by atoms with van der Waals surface area (Å²) in [5, 5.41) is 12.5. The molecule has 18 heavy (non-hydrogen) atoms. The van der Waals surface area contributed by atoms with E-state index in [1.54, 1.807) is 11.1 Å². The van der Waals surface area contributed by atoms with E-state index in [-0.39, 0.29) is 17.7 Å². The molecule has 1 fully saturated rings. The Labute approximate surface area is 109 Å². The first-order valence-electron chi connectivity index (χ1n) is 5.81. The van der Waals surface area contributed by atoms with Crippen molar-refractivity contribution in [1.29, 1.82) is 0 Å². The van der Waals surface area contributed by atoms with E-state index in [2.05, 4.69) is 10.1 Å². The van der Waals surface area contributed by atoms with Crippen molar-refractivity contribution in [2.75, 3.05) is 13.1 Å². The molecule has 3 N–H and O–H groups in total. The molecule has 0 aliphatic carbocycles. The number of oxime groups is 1. The summed E-state index contributed by atoms with van der Waals surface area (Å²) in [6.45, 7) is 3.15. The summed E-state index contributed by atoms with van der Waals surface area (Å²) in [6, 6.07) is 0. The Morgan fingerprint density at radius 1 is 1.61 bits per heavy atom. The number of carbonyl (C=O) groups excluding carboxylic acids is 1. The lowest BCUT2D eigenvalue weighted by atomic mass is 9.96. The number of carbonyl (C=O) groups is 1. The van der Waals surface area contributed by atoms with Gasteiger partial charge in [-0.15, -0.1) is 11.3 Å². The van der Waals surface area contributed by atoms with Gasteiger partial charge in [0.05, 0.1) is 11.2 Å². The third-order valence-electron chi connectivity index (χ3n) is 3.15. The average Bonchev–Trinajstić information content (AvgIpc) is 2.84. The SMILES string of the molecule is Cc1ncc(C(=O)N2CCC(/C(N)=N/O)CC2)s1. The zero-order valence-electron chi connectivity index (χ0n) is 10.2. The van der Waals surface area contributed by atoms with Gasteiger partial charge in [0.1, 0.15) is 10.7 Å². The number of thiazole rings is 1. The molecule has 1 aromatic rings. The molecule has 98 valence electrons. The van der Waals surface area contributed by atoms with E-state index in [4.69, 9.17) is 10.9 Å². The Bertz CT molecular complexity index is 463. The van der Waals surface area contributed by atoms with E-state index < -0.39 is 0 Å². The first kappa shape index (κ1) is 12.8. The van der Waals surface area contributed by atoms with Gasteiger partial charge in [0.25, 0.3) is 5.91 Å². The van der Waals surface area contributed by atoms with Gasteiger partial charge in [0.2, 0.25) is 0 Å². The average molecular weight is 268 g/mol. The predicted molar refractivity (Wildman–Crippen MR) is 68.9 cm³/mol. The van der Waals surface area contributed by atoms with Gasteiger partial charge in [-0.05, 0) is 19.8 Å². The molecule has 1 aromatic heterocycles. The molecule has 1 amide bonds. The number of rotatable bonds is 2. The standard InChI is InChI=1S/C11H16N4O2S/c1-7-13-6-9(18-7)11(16)15-4-2-8(3-5-15)10(12)14-17/h6,8,17H,2-5H2,1H3,(H2,12,14). The van der Waals surface area contributed by atoms with E-state index in [1.807, 2.05) is 6.92 Å². The largest absolute Gasteiger partial charge is 0.409 e. The van der Waals surface area contributed by atoms with Crippen LogP contribution in [-0.4, -0.2) is 39.9 Å². The van der Waals surface area contributed by atoms with Crippen molar-refractivity contribution < 1.29 is 10.0 Å². The Balaban J connectivity index is 1.96. The summed E-state index contributed by atoms with van der Waals surface area (Å²) in [6.07, 6.45) is 3.09. The smallest absolute Gasteiger partial charge is 0.265 e. The minimum absolute atomic E-state index is 0.0264. The van der Waals surface area contributed by atoms with Crippen molar-refractivity contribution in [2.24, 2.45) is 16.8 Å². The fraction of sp³-hybridized carbons (Fsp3) is 0.545. The van der Waals surface area contributed by atoms with E-state index in [9.17, 15) is 4.79 Å². The highest BCUT2D eigenvalue weighted by Gasteiger charge is 2.26. The van der Waals surface area contributed by atoms with Crippen LogP contribution in [0.2, 0.25) is 0 Å². The van der Waals surface area contributed by atoms with Crippen molar-refractivity contribution in [2.45, 2.75) is 19.8 Å². The topological polar surface area (TPSA) is 91.8 Å². The molecule has 1 aliphatic rings. The monoisotopic (exact) mass is 268 g/mol. The summed E-state index contributed by atoms with van der Waals surface area (Å²) in [5.41, 5.74) is 5.57. The first-order valence-corrected chi connectivity index (χ1v) is 6.62. The van der Waals surface area contributed by atoms with E-state index in [0.29, 0.717) is 18.0 Å². The molecule has 0 saturated carbocycles. The molecule has 6 nitrogen and oxygen atoms in total. The molecule has 0 atom stereocenters. The number of amides is 1. The van der Waals surface area contributed by atoms with Crippen LogP contribution in [0.5, 0.6) is 0 Å². The second kappa shape index (κ2) is 5.34. The molecule has 2 heterocycles. The van der Waals surface area contributed by atoms with Gasteiger partial charge >= 0.3 is 0 Å². The second-order valence-electron chi connectivity index (χ2n) is 4.33. The summed E-state index contributed by atoms with van der Waals surface area (Å²) < 4.78 is 0. The number of likely N-dealkylation sites (tertiary alicyclic amines) is 1. The molecular weight excluding hydrogens is 252 g/mol. The van der Waals surface area contributed by atoms with E-state index in [0.717, 1.165) is 17.8 Å². The van der Waals surface area contributed by atoms with Crippen LogP contribution < -0.4 is 5.73 Å². The lowest BCUT2D eigenvalue weighted by molar-refractivity contribution is 0.0713. The molecule has 1 aliphatic heterocycles. The van der Waals surface area contributed by atoms with Crippen molar-refractivity contribution in [3.63, 3.8) is 0 Å². The lowest BCUT2D eigenvalue weighted by Crippen LogP contribution is -2.41. The molecule has 1 saturated heterocycles. The minimum Gasteiger partial charge on any atom is -0.409 e. The van der Waals surface area contributed by atoms with Gasteiger partial charge in [0, 0.05) is 19.0 Å². The van der Waals surface area contributed by atoms with Crippen molar-refractivity contribution >= 4 is 23.1 Å². The highest BCUT2D eigenvalue weighted by atomic mass is 32.1. The predicted octanol–water partition coefficient (Wildman–Crippen LogP) is 1.05. The molecule has 7 heteroatoms. The maximum Gasteiger partial charge on any atom is 0.265 e. The number of nitrogens with zero attached hydrogens (tertiary/aromatic N) is 3. The normalized spacial score (nSPS) is 18.1. The van der Waals surface area contributed by atoms with Crippen molar-refractivity contribution in [1.82, 2.24) is 9.88 Å². The number of aryl methyl sites for hydroxylation is 1. The Morgan fingerprint density at radius 3 is 2.78 bits per heavy atom. The van der Waals surface area contributed by atoms with E-state index >= 15 is 0 Å². The van der Waals surface area contributed by atoms with Crippen LogP contribution in [0.4, 0.5) is 0 Å². The number of hydrogen-bond acceptors (Lipinski definition) is 5. The highest BCUT2D eigenvalue weighted by Crippen LogP contribution is 2.21. The molecular formula is C11H16N4O2S. The zero-order chi connectivity index (χ0) is 13.1. The maximum absolute atomic E-state index is 12.1. The fourth-order valence-electron chi connectivity index (χ4n) is 2.08. The van der Waals surface area contributed by atoms with Crippen molar-refractivity contribution in [3.8, 4) is 0 Å². The molecule has 0 radical (unpaired) electrons.